The van der Waals surface area contributed by atoms with Gasteiger partial charge in [0.15, 0.2) is 0 Å². The van der Waals surface area contributed by atoms with Crippen LogP contribution in [0.2, 0.25) is 0 Å². The average molecular weight is 378 g/mol. The minimum absolute atomic E-state index is 0.0605. The molecule has 28 heavy (non-hydrogen) atoms. The molecule has 0 atom stereocenters. The van der Waals surface area contributed by atoms with E-state index in [0.717, 1.165) is 11.4 Å². The van der Waals surface area contributed by atoms with Gasteiger partial charge in [0.05, 0.1) is 18.3 Å². The molecule has 0 radical (unpaired) electrons. The molecule has 7 heteroatoms. The first kappa shape index (κ1) is 19.0. The van der Waals surface area contributed by atoms with Gasteiger partial charge in [0.25, 0.3) is 0 Å². The number of rotatable bonds is 6. The quantitative estimate of drug-likeness (QED) is 0.603. The van der Waals surface area contributed by atoms with E-state index in [1.54, 1.807) is 48.7 Å². The maximum atomic E-state index is 13.6. The summed E-state index contributed by atoms with van der Waals surface area (Å²) in [7, 11) is 0. The van der Waals surface area contributed by atoms with Gasteiger partial charge >= 0.3 is 0 Å². The van der Waals surface area contributed by atoms with E-state index < -0.39 is 5.82 Å². The smallest absolute Gasteiger partial charge is 0.230 e. The normalized spacial score (nSPS) is 10.2. The maximum absolute atomic E-state index is 13.6. The van der Waals surface area contributed by atoms with Crippen molar-refractivity contribution in [3.8, 4) is 0 Å². The van der Waals surface area contributed by atoms with Crippen LogP contribution in [0.25, 0.3) is 0 Å². The Morgan fingerprint density at radius 3 is 2.21 bits per heavy atom. The highest BCUT2D eigenvalue weighted by Gasteiger charge is 2.08. The molecule has 0 aliphatic rings. The molecule has 0 bridgehead atoms. The van der Waals surface area contributed by atoms with Crippen LogP contribution in [-0.2, 0) is 16.0 Å². The second kappa shape index (κ2) is 8.77. The third kappa shape index (κ3) is 5.38. The third-order valence-electron chi connectivity index (χ3n) is 3.83. The molecule has 1 heterocycles. The Morgan fingerprint density at radius 2 is 1.57 bits per heavy atom. The lowest BCUT2D eigenvalue weighted by atomic mass is 10.1. The van der Waals surface area contributed by atoms with E-state index >= 15 is 0 Å². The molecule has 0 unspecified atom stereocenters. The number of hydrogen-bond donors (Lipinski definition) is 3. The molecule has 0 saturated carbocycles. The van der Waals surface area contributed by atoms with E-state index in [-0.39, 0.29) is 18.2 Å². The lowest BCUT2D eigenvalue weighted by molar-refractivity contribution is -0.116. The molecule has 0 fully saturated rings. The van der Waals surface area contributed by atoms with E-state index in [0.29, 0.717) is 17.1 Å². The summed E-state index contributed by atoms with van der Waals surface area (Å²) < 4.78 is 13.6. The Kier molecular flexibility index (Phi) is 5.96. The Hall–Kier alpha value is -3.74. The maximum Gasteiger partial charge on any atom is 0.230 e. The van der Waals surface area contributed by atoms with E-state index in [4.69, 9.17) is 0 Å². The SMILES string of the molecule is CC(=O)Nc1ccc(Nc2ccc(NC(=O)Cc3ccccc3F)nc2)cc1. The van der Waals surface area contributed by atoms with Crippen molar-refractivity contribution in [3.63, 3.8) is 0 Å². The summed E-state index contributed by atoms with van der Waals surface area (Å²) in [6.45, 7) is 1.45. The van der Waals surface area contributed by atoms with Crippen LogP contribution < -0.4 is 16.0 Å². The van der Waals surface area contributed by atoms with Crippen LogP contribution >= 0.6 is 0 Å². The Labute approximate surface area is 161 Å². The summed E-state index contributed by atoms with van der Waals surface area (Å²) in [5.41, 5.74) is 2.61. The van der Waals surface area contributed by atoms with Crippen LogP contribution in [-0.4, -0.2) is 16.8 Å². The summed E-state index contributed by atoms with van der Waals surface area (Å²) in [6.07, 6.45) is 1.52. The Morgan fingerprint density at radius 1 is 0.893 bits per heavy atom. The van der Waals surface area contributed by atoms with Gasteiger partial charge in [-0.25, -0.2) is 9.37 Å². The second-order valence-corrected chi connectivity index (χ2v) is 6.13. The Bertz CT molecular complexity index is 972. The highest BCUT2D eigenvalue weighted by atomic mass is 19.1. The first-order valence-electron chi connectivity index (χ1n) is 8.63. The van der Waals surface area contributed by atoms with Gasteiger partial charge < -0.3 is 16.0 Å². The molecule has 3 N–H and O–H groups in total. The molecule has 2 amide bonds. The molecular weight excluding hydrogens is 359 g/mol. The van der Waals surface area contributed by atoms with Crippen molar-refractivity contribution >= 4 is 34.7 Å². The molecule has 0 saturated heterocycles. The standard InChI is InChI=1S/C21H19FN4O2/c1-14(27)24-16-6-8-17(9-7-16)25-18-10-11-20(23-13-18)26-21(28)12-15-4-2-3-5-19(15)22/h2-11,13,25H,12H2,1H3,(H,24,27)(H,23,26,28). The number of carbonyl (C=O) groups excluding carboxylic acids is 2. The van der Waals surface area contributed by atoms with Gasteiger partial charge in [-0.3, -0.25) is 9.59 Å². The van der Waals surface area contributed by atoms with Gasteiger partial charge in [0.2, 0.25) is 11.8 Å². The lowest BCUT2D eigenvalue weighted by Gasteiger charge is -2.09. The number of benzene rings is 2. The van der Waals surface area contributed by atoms with Gasteiger partial charge in [0, 0.05) is 18.3 Å². The number of aromatic nitrogens is 1. The van der Waals surface area contributed by atoms with Crippen molar-refractivity contribution in [1.29, 1.82) is 0 Å². The zero-order chi connectivity index (χ0) is 19.9. The van der Waals surface area contributed by atoms with E-state index in [2.05, 4.69) is 20.9 Å². The summed E-state index contributed by atoms with van der Waals surface area (Å²) >= 11 is 0. The van der Waals surface area contributed by atoms with E-state index in [1.165, 1.54) is 13.0 Å². The number of carbonyl (C=O) groups is 2. The highest BCUT2D eigenvalue weighted by Crippen LogP contribution is 2.19. The summed E-state index contributed by atoms with van der Waals surface area (Å²) in [5, 5.41) is 8.52. The third-order valence-corrected chi connectivity index (χ3v) is 3.83. The minimum Gasteiger partial charge on any atom is -0.354 e. The molecule has 1 aromatic heterocycles. The van der Waals surface area contributed by atoms with Gasteiger partial charge in [-0.2, -0.15) is 0 Å². The van der Waals surface area contributed by atoms with Gasteiger partial charge in [-0.05, 0) is 48.0 Å². The first-order chi connectivity index (χ1) is 13.5. The predicted molar refractivity (Wildman–Crippen MR) is 107 cm³/mol. The summed E-state index contributed by atoms with van der Waals surface area (Å²) in [6, 6.07) is 16.8. The van der Waals surface area contributed by atoms with Crippen LogP contribution in [0.1, 0.15) is 12.5 Å². The Balaban J connectivity index is 1.56. The minimum atomic E-state index is -0.408. The van der Waals surface area contributed by atoms with Crippen LogP contribution in [0.4, 0.5) is 27.3 Å². The zero-order valence-corrected chi connectivity index (χ0v) is 15.2. The molecule has 0 spiro atoms. The number of pyridine rings is 1. The number of halogens is 1. The van der Waals surface area contributed by atoms with Crippen molar-refractivity contribution in [2.24, 2.45) is 0 Å². The van der Waals surface area contributed by atoms with E-state index in [1.807, 2.05) is 12.1 Å². The second-order valence-electron chi connectivity index (χ2n) is 6.13. The van der Waals surface area contributed by atoms with Crippen molar-refractivity contribution in [1.82, 2.24) is 4.98 Å². The van der Waals surface area contributed by atoms with Crippen molar-refractivity contribution in [2.75, 3.05) is 16.0 Å². The number of hydrogen-bond acceptors (Lipinski definition) is 4. The van der Waals surface area contributed by atoms with Crippen LogP contribution in [0.15, 0.2) is 66.9 Å². The number of anilines is 4. The zero-order valence-electron chi connectivity index (χ0n) is 15.2. The molecule has 6 nitrogen and oxygen atoms in total. The van der Waals surface area contributed by atoms with Crippen LogP contribution in [0.5, 0.6) is 0 Å². The molecule has 3 rings (SSSR count). The van der Waals surface area contributed by atoms with Crippen molar-refractivity contribution < 1.29 is 14.0 Å². The summed E-state index contributed by atoms with van der Waals surface area (Å²) in [4.78, 5) is 27.3. The number of nitrogens with one attached hydrogen (secondary N) is 3. The van der Waals surface area contributed by atoms with Gasteiger partial charge in [0.1, 0.15) is 11.6 Å². The first-order valence-corrected chi connectivity index (χ1v) is 8.63. The van der Waals surface area contributed by atoms with Crippen LogP contribution in [0.3, 0.4) is 0 Å². The van der Waals surface area contributed by atoms with Crippen molar-refractivity contribution in [2.45, 2.75) is 13.3 Å². The fraction of sp³-hybridized carbons (Fsp3) is 0.0952. The molecule has 3 aromatic rings. The summed E-state index contributed by atoms with van der Waals surface area (Å²) in [5.74, 6) is -0.494. The average Bonchev–Trinajstić information content (AvgIpc) is 2.66. The predicted octanol–water partition coefficient (Wildman–Crippen LogP) is 4.10. The fourth-order valence-corrected chi connectivity index (χ4v) is 2.55. The number of nitrogens with zero attached hydrogens (tertiary/aromatic N) is 1. The van der Waals surface area contributed by atoms with Crippen molar-refractivity contribution in [3.05, 3.63) is 78.2 Å². The molecule has 0 aliphatic heterocycles. The van der Waals surface area contributed by atoms with Crippen LogP contribution in [0, 0.1) is 5.82 Å². The lowest BCUT2D eigenvalue weighted by Crippen LogP contribution is -2.16. The topological polar surface area (TPSA) is 83.1 Å². The largest absolute Gasteiger partial charge is 0.354 e. The molecule has 142 valence electrons. The highest BCUT2D eigenvalue weighted by molar-refractivity contribution is 5.91. The monoisotopic (exact) mass is 378 g/mol. The van der Waals surface area contributed by atoms with Gasteiger partial charge in [-0.1, -0.05) is 18.2 Å². The number of amides is 2. The van der Waals surface area contributed by atoms with E-state index in [9.17, 15) is 14.0 Å². The van der Waals surface area contributed by atoms with Gasteiger partial charge in [-0.15, -0.1) is 0 Å². The molecule has 2 aromatic carbocycles. The molecular formula is C21H19FN4O2. The molecule has 0 aliphatic carbocycles. The fourth-order valence-electron chi connectivity index (χ4n) is 2.55.